The highest BCUT2D eigenvalue weighted by Crippen LogP contribution is 2.26. The van der Waals surface area contributed by atoms with E-state index >= 15 is 0 Å². The van der Waals surface area contributed by atoms with Crippen molar-refractivity contribution in [3.8, 4) is 0 Å². The van der Waals surface area contributed by atoms with Gasteiger partial charge in [0.05, 0.1) is 19.3 Å². The molecule has 0 radical (unpaired) electrons. The molecule has 0 amide bonds. The lowest BCUT2D eigenvalue weighted by atomic mass is 10.0. The molecule has 6 nitrogen and oxygen atoms in total. The molecule has 0 saturated carbocycles. The SMILES string of the molecule is CCCOCc1ccccc1CN=C(NCC)N1CCC(c2cnn(C)c2)C1.I. The zero-order valence-corrected chi connectivity index (χ0v) is 20.1. The molecule has 1 saturated heterocycles. The van der Waals surface area contributed by atoms with Crippen molar-refractivity contribution in [2.45, 2.75) is 45.8 Å². The Morgan fingerprint density at radius 3 is 2.76 bits per heavy atom. The second kappa shape index (κ2) is 12.2. The van der Waals surface area contributed by atoms with Crippen LogP contribution in [0.1, 0.15) is 49.3 Å². The van der Waals surface area contributed by atoms with Crippen LogP contribution in [-0.4, -0.2) is 46.9 Å². The Hall–Kier alpha value is -1.61. The third kappa shape index (κ3) is 6.70. The molecule has 160 valence electrons. The van der Waals surface area contributed by atoms with Gasteiger partial charge in [-0.05, 0) is 36.5 Å². The smallest absolute Gasteiger partial charge is 0.194 e. The van der Waals surface area contributed by atoms with Crippen molar-refractivity contribution in [2.24, 2.45) is 12.0 Å². The minimum Gasteiger partial charge on any atom is -0.377 e. The molecule has 1 aromatic carbocycles. The van der Waals surface area contributed by atoms with Gasteiger partial charge >= 0.3 is 0 Å². The third-order valence-corrected chi connectivity index (χ3v) is 5.14. The molecule has 1 aliphatic rings. The van der Waals surface area contributed by atoms with Gasteiger partial charge in [0, 0.05) is 45.4 Å². The van der Waals surface area contributed by atoms with E-state index in [1.807, 2.05) is 17.9 Å². The second-order valence-electron chi connectivity index (χ2n) is 7.37. The number of rotatable bonds is 8. The summed E-state index contributed by atoms with van der Waals surface area (Å²) in [5, 5.41) is 7.79. The van der Waals surface area contributed by atoms with E-state index < -0.39 is 0 Å². The fourth-order valence-corrected chi connectivity index (χ4v) is 3.64. The van der Waals surface area contributed by atoms with E-state index in [9.17, 15) is 0 Å². The van der Waals surface area contributed by atoms with Gasteiger partial charge in [-0.15, -0.1) is 24.0 Å². The summed E-state index contributed by atoms with van der Waals surface area (Å²) in [7, 11) is 1.98. The van der Waals surface area contributed by atoms with Crippen molar-refractivity contribution in [3.05, 3.63) is 53.3 Å². The summed E-state index contributed by atoms with van der Waals surface area (Å²) in [5.41, 5.74) is 3.78. The molecular weight excluding hydrogens is 477 g/mol. The molecular formula is C22H34IN5O. The van der Waals surface area contributed by atoms with Crippen LogP contribution in [0.3, 0.4) is 0 Å². The summed E-state index contributed by atoms with van der Waals surface area (Å²) in [6.07, 6.45) is 6.30. The molecule has 0 spiro atoms. The van der Waals surface area contributed by atoms with E-state index in [4.69, 9.17) is 9.73 Å². The van der Waals surface area contributed by atoms with Crippen molar-refractivity contribution in [1.29, 1.82) is 0 Å². The highest BCUT2D eigenvalue weighted by atomic mass is 127. The average molecular weight is 511 g/mol. The van der Waals surface area contributed by atoms with Crippen LogP contribution in [0.5, 0.6) is 0 Å². The van der Waals surface area contributed by atoms with Gasteiger partial charge in [0.25, 0.3) is 0 Å². The molecule has 1 atom stereocenters. The Balaban J connectivity index is 0.00000300. The predicted octanol–water partition coefficient (Wildman–Crippen LogP) is 3.92. The van der Waals surface area contributed by atoms with Crippen LogP contribution in [0, 0.1) is 0 Å². The third-order valence-electron chi connectivity index (χ3n) is 5.14. The first kappa shape index (κ1) is 23.7. The molecule has 1 fully saturated rings. The van der Waals surface area contributed by atoms with Crippen molar-refractivity contribution >= 4 is 29.9 Å². The van der Waals surface area contributed by atoms with E-state index in [-0.39, 0.29) is 24.0 Å². The summed E-state index contributed by atoms with van der Waals surface area (Å²) in [5.74, 6) is 1.52. The Labute approximate surface area is 191 Å². The minimum atomic E-state index is 0. The molecule has 1 aromatic heterocycles. The summed E-state index contributed by atoms with van der Waals surface area (Å²) in [6, 6.07) is 8.44. The largest absolute Gasteiger partial charge is 0.377 e. The monoisotopic (exact) mass is 511 g/mol. The van der Waals surface area contributed by atoms with E-state index in [0.717, 1.165) is 45.0 Å². The van der Waals surface area contributed by atoms with Gasteiger partial charge in [0.2, 0.25) is 0 Å². The van der Waals surface area contributed by atoms with Crippen LogP contribution in [0.25, 0.3) is 0 Å². The number of likely N-dealkylation sites (tertiary alicyclic amines) is 1. The minimum absolute atomic E-state index is 0. The number of aryl methyl sites for hydroxylation is 1. The molecule has 2 aromatic rings. The van der Waals surface area contributed by atoms with Gasteiger partial charge in [0.15, 0.2) is 5.96 Å². The van der Waals surface area contributed by atoms with E-state index in [1.165, 1.54) is 16.7 Å². The van der Waals surface area contributed by atoms with Crippen LogP contribution in [0.4, 0.5) is 0 Å². The number of benzene rings is 1. The number of guanidine groups is 1. The highest BCUT2D eigenvalue weighted by Gasteiger charge is 2.26. The Bertz CT molecular complexity index is 776. The lowest BCUT2D eigenvalue weighted by Crippen LogP contribution is -2.40. The lowest BCUT2D eigenvalue weighted by molar-refractivity contribution is 0.121. The van der Waals surface area contributed by atoms with Crippen LogP contribution in [0.15, 0.2) is 41.7 Å². The summed E-state index contributed by atoms with van der Waals surface area (Å²) in [4.78, 5) is 7.32. The Morgan fingerprint density at radius 2 is 2.07 bits per heavy atom. The number of aromatic nitrogens is 2. The Kier molecular flexibility index (Phi) is 9.93. The summed E-state index contributed by atoms with van der Waals surface area (Å²) >= 11 is 0. The molecule has 0 bridgehead atoms. The first-order valence-corrected chi connectivity index (χ1v) is 10.4. The standard InChI is InChI=1S/C22H33N5O.HI/c1-4-12-28-17-20-9-7-6-8-18(20)13-24-22(23-5-2)27-11-10-19(16-27)21-14-25-26(3)15-21;/h6-9,14-15,19H,4-5,10-13,16-17H2,1-3H3,(H,23,24);1H. The molecule has 2 heterocycles. The fourth-order valence-electron chi connectivity index (χ4n) is 3.64. The van der Waals surface area contributed by atoms with Gasteiger partial charge in [-0.3, -0.25) is 4.68 Å². The average Bonchev–Trinajstić information content (AvgIpc) is 3.35. The molecule has 1 aliphatic heterocycles. The lowest BCUT2D eigenvalue weighted by Gasteiger charge is -2.22. The normalized spacial score (nSPS) is 16.7. The number of hydrogen-bond donors (Lipinski definition) is 1. The van der Waals surface area contributed by atoms with Crippen LogP contribution < -0.4 is 5.32 Å². The number of aliphatic imine (C=N–C) groups is 1. The summed E-state index contributed by atoms with van der Waals surface area (Å²) in [6.45, 7) is 9.25. The number of halogens is 1. The summed E-state index contributed by atoms with van der Waals surface area (Å²) < 4.78 is 7.63. The van der Waals surface area contributed by atoms with Crippen molar-refractivity contribution in [3.63, 3.8) is 0 Å². The van der Waals surface area contributed by atoms with E-state index in [0.29, 0.717) is 19.1 Å². The highest BCUT2D eigenvalue weighted by molar-refractivity contribution is 14.0. The number of nitrogens with zero attached hydrogens (tertiary/aromatic N) is 4. The van der Waals surface area contributed by atoms with Gasteiger partial charge in [-0.1, -0.05) is 31.2 Å². The fraction of sp³-hybridized carbons (Fsp3) is 0.545. The molecule has 29 heavy (non-hydrogen) atoms. The molecule has 3 rings (SSSR count). The van der Waals surface area contributed by atoms with Crippen molar-refractivity contribution in [1.82, 2.24) is 20.0 Å². The van der Waals surface area contributed by atoms with Crippen molar-refractivity contribution < 1.29 is 4.74 Å². The van der Waals surface area contributed by atoms with Crippen LogP contribution >= 0.6 is 24.0 Å². The topological polar surface area (TPSA) is 54.7 Å². The zero-order chi connectivity index (χ0) is 19.8. The predicted molar refractivity (Wildman–Crippen MR) is 129 cm³/mol. The molecule has 1 unspecified atom stereocenters. The second-order valence-corrected chi connectivity index (χ2v) is 7.37. The van der Waals surface area contributed by atoms with Gasteiger partial charge in [0.1, 0.15) is 0 Å². The maximum absolute atomic E-state index is 5.75. The zero-order valence-electron chi connectivity index (χ0n) is 17.8. The van der Waals surface area contributed by atoms with Crippen LogP contribution in [0.2, 0.25) is 0 Å². The number of nitrogens with one attached hydrogen (secondary N) is 1. The molecule has 1 N–H and O–H groups in total. The van der Waals surface area contributed by atoms with Crippen LogP contribution in [-0.2, 0) is 24.9 Å². The maximum atomic E-state index is 5.75. The first-order chi connectivity index (χ1) is 13.7. The molecule has 0 aliphatic carbocycles. The quantitative estimate of drug-likeness (QED) is 0.253. The van der Waals surface area contributed by atoms with Crippen molar-refractivity contribution in [2.75, 3.05) is 26.2 Å². The van der Waals surface area contributed by atoms with E-state index in [2.05, 4.69) is 59.6 Å². The Morgan fingerprint density at radius 1 is 1.28 bits per heavy atom. The molecule has 7 heteroatoms. The van der Waals surface area contributed by atoms with Gasteiger partial charge < -0.3 is 15.0 Å². The maximum Gasteiger partial charge on any atom is 0.194 e. The van der Waals surface area contributed by atoms with Gasteiger partial charge in [-0.2, -0.15) is 5.10 Å². The first-order valence-electron chi connectivity index (χ1n) is 10.4. The number of ether oxygens (including phenoxy) is 1. The number of hydrogen-bond acceptors (Lipinski definition) is 3. The van der Waals surface area contributed by atoms with E-state index in [1.54, 1.807) is 0 Å². The van der Waals surface area contributed by atoms with Gasteiger partial charge in [-0.25, -0.2) is 4.99 Å².